The third-order valence-corrected chi connectivity index (χ3v) is 2.92. The van der Waals surface area contributed by atoms with Gasteiger partial charge in [0.25, 0.3) is 5.91 Å². The summed E-state index contributed by atoms with van der Waals surface area (Å²) >= 11 is 0. The second-order valence-electron chi connectivity index (χ2n) is 4.24. The molecule has 0 spiro atoms. The molecule has 0 aliphatic carbocycles. The van der Waals surface area contributed by atoms with Crippen LogP contribution in [0.2, 0.25) is 0 Å². The third kappa shape index (κ3) is 2.56. The average Bonchev–Trinajstić information content (AvgIpc) is 2.43. The fraction of sp³-hybridized carbons (Fsp3) is 0.133. The van der Waals surface area contributed by atoms with Crippen molar-refractivity contribution in [1.29, 1.82) is 0 Å². The number of aryl methyl sites for hydroxylation is 1. The number of amides is 1. The van der Waals surface area contributed by atoms with Crippen molar-refractivity contribution in [2.45, 2.75) is 6.92 Å². The van der Waals surface area contributed by atoms with E-state index in [9.17, 15) is 14.3 Å². The first-order valence-electron chi connectivity index (χ1n) is 5.97. The second kappa shape index (κ2) is 5.61. The SMILES string of the molecule is COc1cccc(C(=O)Nc2c(C)cccc2F)c1O. The van der Waals surface area contributed by atoms with Crippen molar-refractivity contribution in [3.63, 3.8) is 0 Å². The maximum Gasteiger partial charge on any atom is 0.259 e. The summed E-state index contributed by atoms with van der Waals surface area (Å²) in [5.74, 6) is -1.22. The summed E-state index contributed by atoms with van der Waals surface area (Å²) in [6.45, 7) is 1.68. The first kappa shape index (κ1) is 13.9. The van der Waals surface area contributed by atoms with Gasteiger partial charge in [0.1, 0.15) is 5.82 Å². The Hall–Kier alpha value is -2.56. The molecule has 2 N–H and O–H groups in total. The molecule has 0 aliphatic rings. The number of rotatable bonds is 3. The summed E-state index contributed by atoms with van der Waals surface area (Å²) in [6, 6.07) is 9.03. The highest BCUT2D eigenvalue weighted by molar-refractivity contribution is 6.07. The number of methoxy groups -OCH3 is 1. The molecule has 0 unspecified atom stereocenters. The van der Waals surface area contributed by atoms with Crippen LogP contribution in [0.1, 0.15) is 15.9 Å². The molecule has 4 nitrogen and oxygen atoms in total. The Balaban J connectivity index is 2.34. The number of carbonyl (C=O) groups is 1. The van der Waals surface area contributed by atoms with Crippen LogP contribution in [0.5, 0.6) is 11.5 Å². The average molecular weight is 275 g/mol. The molecular formula is C15H14FNO3. The van der Waals surface area contributed by atoms with E-state index < -0.39 is 11.7 Å². The molecule has 20 heavy (non-hydrogen) atoms. The Morgan fingerprint density at radius 3 is 2.60 bits per heavy atom. The molecule has 0 aromatic heterocycles. The molecule has 0 bridgehead atoms. The normalized spacial score (nSPS) is 10.2. The van der Waals surface area contributed by atoms with E-state index in [0.717, 1.165) is 0 Å². The quantitative estimate of drug-likeness (QED) is 0.905. The van der Waals surface area contributed by atoms with E-state index in [1.165, 1.54) is 25.3 Å². The van der Waals surface area contributed by atoms with E-state index >= 15 is 0 Å². The molecule has 104 valence electrons. The van der Waals surface area contributed by atoms with Gasteiger partial charge in [-0.3, -0.25) is 4.79 Å². The molecule has 2 aromatic carbocycles. The van der Waals surface area contributed by atoms with E-state index in [1.54, 1.807) is 25.1 Å². The minimum atomic E-state index is -0.602. The summed E-state index contributed by atoms with van der Waals surface area (Å²) in [7, 11) is 1.39. The third-order valence-electron chi connectivity index (χ3n) is 2.92. The number of halogens is 1. The van der Waals surface area contributed by atoms with Crippen molar-refractivity contribution < 1.29 is 19.0 Å². The molecule has 0 saturated heterocycles. The number of aromatic hydroxyl groups is 1. The van der Waals surface area contributed by atoms with Crippen molar-refractivity contribution in [1.82, 2.24) is 0 Å². The fourth-order valence-corrected chi connectivity index (χ4v) is 1.84. The number of phenols is 1. The highest BCUT2D eigenvalue weighted by Crippen LogP contribution is 2.30. The van der Waals surface area contributed by atoms with Crippen molar-refractivity contribution in [3.8, 4) is 11.5 Å². The van der Waals surface area contributed by atoms with Crippen molar-refractivity contribution in [2.24, 2.45) is 0 Å². The van der Waals surface area contributed by atoms with Crippen LogP contribution in [0.25, 0.3) is 0 Å². The van der Waals surface area contributed by atoms with E-state index in [2.05, 4.69) is 5.32 Å². The topological polar surface area (TPSA) is 58.6 Å². The summed E-state index contributed by atoms with van der Waals surface area (Å²) in [5.41, 5.74) is 0.715. The zero-order chi connectivity index (χ0) is 14.7. The van der Waals surface area contributed by atoms with Crippen molar-refractivity contribution >= 4 is 11.6 Å². The summed E-state index contributed by atoms with van der Waals surface area (Å²) in [4.78, 5) is 12.1. The lowest BCUT2D eigenvalue weighted by atomic mass is 10.1. The number of nitrogens with one attached hydrogen (secondary N) is 1. The van der Waals surface area contributed by atoms with Crippen LogP contribution in [-0.2, 0) is 0 Å². The van der Waals surface area contributed by atoms with Gasteiger partial charge in [0.15, 0.2) is 11.5 Å². The molecule has 0 heterocycles. The molecule has 0 radical (unpaired) electrons. The smallest absolute Gasteiger partial charge is 0.259 e. The molecular weight excluding hydrogens is 261 g/mol. The van der Waals surface area contributed by atoms with Gasteiger partial charge < -0.3 is 15.2 Å². The minimum absolute atomic E-state index is 0.0204. The van der Waals surface area contributed by atoms with Crippen LogP contribution in [0.4, 0.5) is 10.1 Å². The van der Waals surface area contributed by atoms with Crippen LogP contribution < -0.4 is 10.1 Å². The van der Waals surface area contributed by atoms with Gasteiger partial charge in [-0.15, -0.1) is 0 Å². The number of hydrogen-bond donors (Lipinski definition) is 2. The number of carbonyl (C=O) groups excluding carboxylic acids is 1. The van der Waals surface area contributed by atoms with Gasteiger partial charge in [-0.2, -0.15) is 0 Å². The maximum atomic E-state index is 13.7. The summed E-state index contributed by atoms with van der Waals surface area (Å²) in [5, 5.41) is 12.4. The van der Waals surface area contributed by atoms with Crippen molar-refractivity contribution in [3.05, 3.63) is 53.3 Å². The Kier molecular flexibility index (Phi) is 3.89. The predicted octanol–water partition coefficient (Wildman–Crippen LogP) is 3.10. The molecule has 0 atom stereocenters. The van der Waals surface area contributed by atoms with Gasteiger partial charge in [0.2, 0.25) is 0 Å². The Morgan fingerprint density at radius 2 is 1.95 bits per heavy atom. The molecule has 0 fully saturated rings. The second-order valence-corrected chi connectivity index (χ2v) is 4.24. The first-order valence-corrected chi connectivity index (χ1v) is 5.97. The highest BCUT2D eigenvalue weighted by atomic mass is 19.1. The molecule has 5 heteroatoms. The number of benzene rings is 2. The monoisotopic (exact) mass is 275 g/mol. The zero-order valence-electron chi connectivity index (χ0n) is 11.1. The lowest BCUT2D eigenvalue weighted by Gasteiger charge is -2.11. The van der Waals surface area contributed by atoms with Crippen LogP contribution >= 0.6 is 0 Å². The molecule has 2 aromatic rings. The summed E-state index contributed by atoms with van der Waals surface area (Å²) in [6.07, 6.45) is 0. The van der Waals surface area contributed by atoms with Gasteiger partial charge in [0.05, 0.1) is 18.4 Å². The first-order chi connectivity index (χ1) is 9.54. The molecule has 0 aliphatic heterocycles. The van der Waals surface area contributed by atoms with E-state index in [1.807, 2.05) is 0 Å². The van der Waals surface area contributed by atoms with Crippen LogP contribution in [0.15, 0.2) is 36.4 Å². The van der Waals surface area contributed by atoms with Crippen molar-refractivity contribution in [2.75, 3.05) is 12.4 Å². The largest absolute Gasteiger partial charge is 0.504 e. The van der Waals surface area contributed by atoms with Gasteiger partial charge in [-0.25, -0.2) is 4.39 Å². The Labute approximate surface area is 115 Å². The number of anilines is 1. The zero-order valence-corrected chi connectivity index (χ0v) is 11.1. The van der Waals surface area contributed by atoms with Gasteiger partial charge >= 0.3 is 0 Å². The number of para-hydroxylation sites is 2. The maximum absolute atomic E-state index is 13.7. The Morgan fingerprint density at radius 1 is 1.25 bits per heavy atom. The lowest BCUT2D eigenvalue weighted by Crippen LogP contribution is -2.14. The highest BCUT2D eigenvalue weighted by Gasteiger charge is 2.17. The van der Waals surface area contributed by atoms with E-state index in [-0.39, 0.29) is 22.7 Å². The van der Waals surface area contributed by atoms with Crippen LogP contribution in [0.3, 0.4) is 0 Å². The number of phenolic OH excluding ortho intramolecular Hbond substituents is 1. The molecule has 1 amide bonds. The van der Waals surface area contributed by atoms with Crippen LogP contribution in [0, 0.1) is 12.7 Å². The van der Waals surface area contributed by atoms with Gasteiger partial charge in [-0.05, 0) is 30.7 Å². The number of hydrogen-bond acceptors (Lipinski definition) is 3. The lowest BCUT2D eigenvalue weighted by molar-refractivity contribution is 0.102. The Bertz CT molecular complexity index is 635. The van der Waals surface area contributed by atoms with E-state index in [0.29, 0.717) is 5.56 Å². The van der Waals surface area contributed by atoms with Crippen LogP contribution in [-0.4, -0.2) is 18.1 Å². The standard InChI is InChI=1S/C15H14FNO3/c1-9-5-3-7-11(16)13(9)17-15(19)10-6-4-8-12(20-2)14(10)18/h3-8,18H,1-2H3,(H,17,19). The predicted molar refractivity (Wildman–Crippen MR) is 73.7 cm³/mol. The fourth-order valence-electron chi connectivity index (χ4n) is 1.84. The molecule has 0 saturated carbocycles. The molecule has 2 rings (SSSR count). The summed E-state index contributed by atoms with van der Waals surface area (Å²) < 4.78 is 18.6. The minimum Gasteiger partial charge on any atom is -0.504 e. The number of ether oxygens (including phenoxy) is 1. The van der Waals surface area contributed by atoms with E-state index in [4.69, 9.17) is 4.74 Å². The van der Waals surface area contributed by atoms with Gasteiger partial charge in [0, 0.05) is 0 Å². The van der Waals surface area contributed by atoms with Gasteiger partial charge in [-0.1, -0.05) is 18.2 Å².